The third-order valence-electron chi connectivity index (χ3n) is 3.48. The van der Waals surface area contributed by atoms with Crippen molar-refractivity contribution < 1.29 is 0 Å². The van der Waals surface area contributed by atoms with E-state index in [4.69, 9.17) is 11.6 Å². The Bertz CT molecular complexity index is 654. The summed E-state index contributed by atoms with van der Waals surface area (Å²) in [5, 5.41) is 8.65. The normalized spacial score (nSPS) is 11.5. The molecule has 0 fully saturated rings. The molecule has 0 bridgehead atoms. The van der Waals surface area contributed by atoms with Gasteiger partial charge in [0.2, 0.25) is 0 Å². The molecule has 2 aromatic rings. The van der Waals surface area contributed by atoms with E-state index in [0.29, 0.717) is 0 Å². The van der Waals surface area contributed by atoms with Gasteiger partial charge >= 0.3 is 0 Å². The van der Waals surface area contributed by atoms with Crippen LogP contribution >= 0.6 is 22.9 Å². The number of aromatic nitrogens is 1. The van der Waals surface area contributed by atoms with Gasteiger partial charge in [-0.2, -0.15) is 0 Å². The summed E-state index contributed by atoms with van der Waals surface area (Å²) < 4.78 is 0. The lowest BCUT2D eigenvalue weighted by Gasteiger charge is -2.10. The fourth-order valence-corrected chi connectivity index (χ4v) is 3.32. The third kappa shape index (κ3) is 6.49. The number of aryl methyl sites for hydroxylation is 2. The van der Waals surface area contributed by atoms with Gasteiger partial charge in [-0.15, -0.1) is 11.3 Å². The van der Waals surface area contributed by atoms with Gasteiger partial charge in [-0.25, -0.2) is 4.98 Å². The van der Waals surface area contributed by atoms with Gasteiger partial charge in [0.05, 0.1) is 5.01 Å². The van der Waals surface area contributed by atoms with Crippen molar-refractivity contribution in [2.24, 2.45) is 4.99 Å². The SMILES string of the molecule is CCNC(=NCCCc1ccccc1Cl)NCCc1ncc(C)s1. The second-order valence-corrected chi connectivity index (χ2v) is 7.22. The van der Waals surface area contributed by atoms with Gasteiger partial charge in [-0.1, -0.05) is 29.8 Å². The largest absolute Gasteiger partial charge is 0.357 e. The molecule has 0 atom stereocenters. The van der Waals surface area contributed by atoms with E-state index in [1.165, 1.54) is 10.4 Å². The Morgan fingerprint density at radius 3 is 2.79 bits per heavy atom. The first-order chi connectivity index (χ1) is 11.7. The summed E-state index contributed by atoms with van der Waals surface area (Å²) in [4.78, 5) is 10.3. The van der Waals surface area contributed by atoms with Crippen LogP contribution in [0.15, 0.2) is 35.5 Å². The molecule has 0 aliphatic heterocycles. The number of benzene rings is 1. The third-order valence-corrected chi connectivity index (χ3v) is 4.82. The van der Waals surface area contributed by atoms with Gasteiger partial charge in [-0.3, -0.25) is 4.99 Å². The van der Waals surface area contributed by atoms with E-state index in [1.54, 1.807) is 11.3 Å². The highest BCUT2D eigenvalue weighted by Gasteiger charge is 2.02. The molecule has 130 valence electrons. The smallest absolute Gasteiger partial charge is 0.191 e. The summed E-state index contributed by atoms with van der Waals surface area (Å²) in [7, 11) is 0. The second-order valence-electron chi connectivity index (χ2n) is 5.50. The van der Waals surface area contributed by atoms with Crippen molar-refractivity contribution in [3.05, 3.63) is 50.9 Å². The molecule has 0 aliphatic rings. The molecule has 4 nitrogen and oxygen atoms in total. The molecular formula is C18H25ClN4S. The Morgan fingerprint density at radius 1 is 1.25 bits per heavy atom. The Hall–Kier alpha value is -1.59. The average molecular weight is 365 g/mol. The van der Waals surface area contributed by atoms with E-state index >= 15 is 0 Å². The molecule has 6 heteroatoms. The van der Waals surface area contributed by atoms with Gasteiger partial charge < -0.3 is 10.6 Å². The summed E-state index contributed by atoms with van der Waals surface area (Å²) in [5.41, 5.74) is 1.19. The van der Waals surface area contributed by atoms with Crippen molar-refractivity contribution in [3.63, 3.8) is 0 Å². The summed E-state index contributed by atoms with van der Waals surface area (Å²) >= 11 is 7.93. The highest BCUT2D eigenvalue weighted by atomic mass is 35.5. The number of rotatable bonds is 8. The minimum absolute atomic E-state index is 0.775. The Kier molecular flexibility index (Phi) is 8.05. The van der Waals surface area contributed by atoms with Crippen LogP contribution in [0.4, 0.5) is 0 Å². The van der Waals surface area contributed by atoms with Crippen LogP contribution in [0.2, 0.25) is 5.02 Å². The molecule has 2 rings (SSSR count). The first-order valence-electron chi connectivity index (χ1n) is 8.36. The van der Waals surface area contributed by atoms with E-state index < -0.39 is 0 Å². The summed E-state index contributed by atoms with van der Waals surface area (Å²) in [5.74, 6) is 0.866. The number of nitrogens with one attached hydrogen (secondary N) is 2. The number of guanidine groups is 1. The van der Waals surface area contributed by atoms with Crippen molar-refractivity contribution in [1.82, 2.24) is 15.6 Å². The molecule has 24 heavy (non-hydrogen) atoms. The molecule has 0 saturated heterocycles. The van der Waals surface area contributed by atoms with Crippen molar-refractivity contribution in [2.45, 2.75) is 33.1 Å². The van der Waals surface area contributed by atoms with Crippen molar-refractivity contribution in [2.75, 3.05) is 19.6 Å². The number of thiazole rings is 1. The van der Waals surface area contributed by atoms with Crippen molar-refractivity contribution >= 4 is 28.9 Å². The van der Waals surface area contributed by atoms with Gasteiger partial charge in [0.25, 0.3) is 0 Å². The first-order valence-corrected chi connectivity index (χ1v) is 9.55. The minimum atomic E-state index is 0.775. The molecule has 1 heterocycles. The monoisotopic (exact) mass is 364 g/mol. The van der Waals surface area contributed by atoms with Gasteiger partial charge in [-0.05, 0) is 38.3 Å². The number of aliphatic imine (C=N–C) groups is 1. The van der Waals surface area contributed by atoms with E-state index in [-0.39, 0.29) is 0 Å². The quantitative estimate of drug-likeness (QED) is 0.425. The van der Waals surface area contributed by atoms with Crippen LogP contribution in [0.5, 0.6) is 0 Å². The topological polar surface area (TPSA) is 49.3 Å². The maximum Gasteiger partial charge on any atom is 0.191 e. The molecule has 0 unspecified atom stereocenters. The average Bonchev–Trinajstić information content (AvgIpc) is 2.98. The molecular weight excluding hydrogens is 340 g/mol. The lowest BCUT2D eigenvalue weighted by molar-refractivity contribution is 0.775. The molecule has 2 N–H and O–H groups in total. The van der Waals surface area contributed by atoms with Crippen LogP contribution in [-0.4, -0.2) is 30.6 Å². The van der Waals surface area contributed by atoms with Crippen LogP contribution in [0.25, 0.3) is 0 Å². The number of nitrogens with zero attached hydrogens (tertiary/aromatic N) is 2. The van der Waals surface area contributed by atoms with E-state index in [2.05, 4.69) is 40.5 Å². The van der Waals surface area contributed by atoms with Crippen LogP contribution in [0.3, 0.4) is 0 Å². The number of hydrogen-bond acceptors (Lipinski definition) is 3. The number of hydrogen-bond donors (Lipinski definition) is 2. The molecule has 0 radical (unpaired) electrons. The van der Waals surface area contributed by atoms with E-state index in [9.17, 15) is 0 Å². The van der Waals surface area contributed by atoms with Gasteiger partial charge in [0.1, 0.15) is 0 Å². The molecule has 0 aliphatic carbocycles. The number of halogens is 1. The lowest BCUT2D eigenvalue weighted by Crippen LogP contribution is -2.38. The zero-order chi connectivity index (χ0) is 17.2. The van der Waals surface area contributed by atoms with Crippen molar-refractivity contribution in [3.8, 4) is 0 Å². The standard InChI is InChI=1S/C18H25ClN4S/c1-3-20-18(22-12-10-17-23-13-14(2)24-17)21-11-6-8-15-7-4-5-9-16(15)19/h4-5,7,9,13H,3,6,8,10-12H2,1-2H3,(H2,20,21,22). The Morgan fingerprint density at radius 2 is 2.08 bits per heavy atom. The van der Waals surface area contributed by atoms with Crippen LogP contribution < -0.4 is 10.6 Å². The van der Waals surface area contributed by atoms with Crippen molar-refractivity contribution in [1.29, 1.82) is 0 Å². The van der Waals surface area contributed by atoms with Gasteiger partial charge in [0.15, 0.2) is 5.96 Å². The molecule has 0 amide bonds. The van der Waals surface area contributed by atoms with E-state index in [1.807, 2.05) is 24.4 Å². The maximum atomic E-state index is 6.18. The lowest BCUT2D eigenvalue weighted by atomic mass is 10.1. The predicted molar refractivity (Wildman–Crippen MR) is 104 cm³/mol. The fraction of sp³-hybridized carbons (Fsp3) is 0.444. The molecule has 1 aromatic carbocycles. The Labute approximate surface area is 153 Å². The zero-order valence-corrected chi connectivity index (χ0v) is 15.9. The predicted octanol–water partition coefficient (Wildman–Crippen LogP) is 3.84. The van der Waals surface area contributed by atoms with Crippen LogP contribution in [0.1, 0.15) is 28.8 Å². The summed E-state index contributed by atoms with van der Waals surface area (Å²) in [6.07, 6.45) is 4.77. The second kappa shape index (κ2) is 10.3. The molecule has 0 spiro atoms. The van der Waals surface area contributed by atoms with Crippen LogP contribution in [0, 0.1) is 6.92 Å². The maximum absolute atomic E-state index is 6.18. The summed E-state index contributed by atoms with van der Waals surface area (Å²) in [6.45, 7) is 6.62. The first kappa shape index (κ1) is 18.7. The molecule has 0 saturated carbocycles. The summed E-state index contributed by atoms with van der Waals surface area (Å²) in [6, 6.07) is 8.00. The highest BCUT2D eigenvalue weighted by Crippen LogP contribution is 2.16. The fourth-order valence-electron chi connectivity index (χ4n) is 2.31. The highest BCUT2D eigenvalue weighted by molar-refractivity contribution is 7.11. The Balaban J connectivity index is 1.74. The van der Waals surface area contributed by atoms with Crippen LogP contribution in [-0.2, 0) is 12.8 Å². The van der Waals surface area contributed by atoms with Gasteiger partial charge in [0, 0.05) is 42.2 Å². The van der Waals surface area contributed by atoms with E-state index in [0.717, 1.165) is 54.9 Å². The molecule has 1 aromatic heterocycles. The zero-order valence-electron chi connectivity index (χ0n) is 14.3. The minimum Gasteiger partial charge on any atom is -0.357 e.